The lowest BCUT2D eigenvalue weighted by molar-refractivity contribution is -0.124. The Balaban J connectivity index is 1.62. The summed E-state index contributed by atoms with van der Waals surface area (Å²) in [6.07, 6.45) is 1.24. The van der Waals surface area contributed by atoms with E-state index in [0.717, 1.165) is 6.07 Å². The third kappa shape index (κ3) is 3.53. The van der Waals surface area contributed by atoms with E-state index in [9.17, 15) is 18.8 Å². The fourth-order valence-corrected chi connectivity index (χ4v) is 3.81. The highest BCUT2D eigenvalue weighted by Gasteiger charge is 2.42. The van der Waals surface area contributed by atoms with Crippen molar-refractivity contribution in [3.63, 3.8) is 0 Å². The Morgan fingerprint density at radius 2 is 1.97 bits per heavy atom. The van der Waals surface area contributed by atoms with Crippen LogP contribution in [0.15, 0.2) is 42.5 Å². The fraction of sp³-hybridized carbons (Fsp3) is 0.286. The predicted octanol–water partition coefficient (Wildman–Crippen LogP) is 2.42. The number of nitrogens with one attached hydrogen (secondary N) is 1. The van der Waals surface area contributed by atoms with Crippen LogP contribution in [-0.4, -0.2) is 48.9 Å². The van der Waals surface area contributed by atoms with E-state index in [4.69, 9.17) is 4.74 Å². The fourth-order valence-electron chi connectivity index (χ4n) is 3.81. The average Bonchev–Trinajstić information content (AvgIpc) is 3.19. The number of anilines is 2. The van der Waals surface area contributed by atoms with Crippen LogP contribution in [0.3, 0.4) is 0 Å². The van der Waals surface area contributed by atoms with Crippen molar-refractivity contribution < 1.29 is 23.5 Å². The summed E-state index contributed by atoms with van der Waals surface area (Å²) in [4.78, 5) is 41.4. The molecule has 0 bridgehead atoms. The summed E-state index contributed by atoms with van der Waals surface area (Å²) >= 11 is 0. The molecule has 1 fully saturated rings. The van der Waals surface area contributed by atoms with E-state index in [1.807, 2.05) is 0 Å². The predicted molar refractivity (Wildman–Crippen MR) is 104 cm³/mol. The van der Waals surface area contributed by atoms with Gasteiger partial charge in [-0.05, 0) is 55.3 Å². The number of nitrogens with zero attached hydrogens (tertiary/aromatic N) is 2. The van der Waals surface area contributed by atoms with Crippen LogP contribution in [0.1, 0.15) is 23.2 Å². The lowest BCUT2D eigenvalue weighted by Gasteiger charge is -2.25. The molecule has 2 aliphatic rings. The number of ether oxygens (including phenoxy) is 1. The van der Waals surface area contributed by atoms with E-state index in [0.29, 0.717) is 30.8 Å². The van der Waals surface area contributed by atoms with Crippen LogP contribution in [-0.2, 0) is 9.59 Å². The van der Waals surface area contributed by atoms with Gasteiger partial charge < -0.3 is 19.9 Å². The Morgan fingerprint density at radius 1 is 1.21 bits per heavy atom. The number of benzene rings is 2. The first-order valence-corrected chi connectivity index (χ1v) is 9.34. The molecule has 4 rings (SSSR count). The van der Waals surface area contributed by atoms with Gasteiger partial charge in [0.1, 0.15) is 24.2 Å². The van der Waals surface area contributed by atoms with E-state index in [2.05, 4.69) is 5.32 Å². The Bertz CT molecular complexity index is 976. The van der Waals surface area contributed by atoms with Crippen molar-refractivity contribution in [3.8, 4) is 5.75 Å². The van der Waals surface area contributed by atoms with Gasteiger partial charge >= 0.3 is 0 Å². The molecule has 0 saturated carbocycles. The summed E-state index contributed by atoms with van der Waals surface area (Å²) in [7, 11) is 1.54. The van der Waals surface area contributed by atoms with E-state index in [-0.39, 0.29) is 29.6 Å². The maximum absolute atomic E-state index is 13.9. The molecule has 0 aliphatic carbocycles. The number of carbonyl (C=O) groups excluding carboxylic acids is 3. The monoisotopic (exact) mass is 397 g/mol. The molecule has 0 spiro atoms. The molecular weight excluding hydrogens is 377 g/mol. The van der Waals surface area contributed by atoms with Crippen LogP contribution in [0.5, 0.6) is 5.75 Å². The highest BCUT2D eigenvalue weighted by Crippen LogP contribution is 2.33. The number of rotatable bonds is 4. The largest absolute Gasteiger partial charge is 0.497 e. The Hall–Kier alpha value is -3.42. The summed E-state index contributed by atoms with van der Waals surface area (Å²) < 4.78 is 19.0. The molecular formula is C21H20FN3O4. The van der Waals surface area contributed by atoms with Crippen molar-refractivity contribution in [1.82, 2.24) is 4.90 Å². The quantitative estimate of drug-likeness (QED) is 0.860. The van der Waals surface area contributed by atoms with Crippen LogP contribution in [0.4, 0.5) is 15.8 Å². The Kier molecular flexibility index (Phi) is 4.92. The standard InChI is InChI=1S/C21H20FN3O4/c1-29-15-7-5-14(6-8-15)23-19(26)12-25-18-11-13(22)4-9-16(18)20(27)24-10-2-3-17(24)21(25)28/h4-9,11,17H,2-3,10,12H2,1H3,(H,23,26)/t17-/m0/s1. The smallest absolute Gasteiger partial charge is 0.256 e. The van der Waals surface area contributed by atoms with Gasteiger partial charge in [-0.3, -0.25) is 14.4 Å². The summed E-state index contributed by atoms with van der Waals surface area (Å²) in [5.41, 5.74) is 0.886. The molecule has 1 saturated heterocycles. The molecule has 0 unspecified atom stereocenters. The van der Waals surface area contributed by atoms with E-state index in [1.54, 1.807) is 31.4 Å². The summed E-state index contributed by atoms with van der Waals surface area (Å²) in [6, 6.07) is 9.81. The Labute approximate surface area is 167 Å². The van der Waals surface area contributed by atoms with Gasteiger partial charge in [-0.15, -0.1) is 0 Å². The lowest BCUT2D eigenvalue weighted by atomic mass is 10.1. The number of fused-ring (bicyclic) bond motifs is 2. The highest BCUT2D eigenvalue weighted by molar-refractivity contribution is 6.13. The summed E-state index contributed by atoms with van der Waals surface area (Å²) in [5.74, 6) is -1.06. The molecule has 0 aromatic heterocycles. The molecule has 2 aromatic rings. The van der Waals surface area contributed by atoms with E-state index >= 15 is 0 Å². The molecule has 29 heavy (non-hydrogen) atoms. The van der Waals surface area contributed by atoms with Crippen LogP contribution >= 0.6 is 0 Å². The lowest BCUT2D eigenvalue weighted by Crippen LogP contribution is -2.47. The molecule has 3 amide bonds. The molecule has 1 atom stereocenters. The minimum absolute atomic E-state index is 0.124. The number of carbonyl (C=O) groups is 3. The normalized spacial score (nSPS) is 18.2. The maximum atomic E-state index is 13.9. The SMILES string of the molecule is COc1ccc(NC(=O)CN2C(=O)[C@@H]3CCCN3C(=O)c3ccc(F)cc32)cc1. The van der Waals surface area contributed by atoms with Crippen molar-refractivity contribution >= 4 is 29.1 Å². The van der Waals surface area contributed by atoms with Gasteiger partial charge in [-0.25, -0.2) is 4.39 Å². The van der Waals surface area contributed by atoms with Crippen LogP contribution in [0, 0.1) is 5.82 Å². The summed E-state index contributed by atoms with van der Waals surface area (Å²) in [5, 5.41) is 2.72. The van der Waals surface area contributed by atoms with Crippen LogP contribution in [0.25, 0.3) is 0 Å². The third-order valence-electron chi connectivity index (χ3n) is 5.22. The maximum Gasteiger partial charge on any atom is 0.256 e. The van der Waals surface area contributed by atoms with Gasteiger partial charge in [0.05, 0.1) is 18.4 Å². The highest BCUT2D eigenvalue weighted by atomic mass is 19.1. The third-order valence-corrected chi connectivity index (χ3v) is 5.22. The van der Waals surface area contributed by atoms with Gasteiger partial charge in [0.25, 0.3) is 5.91 Å². The van der Waals surface area contributed by atoms with Gasteiger partial charge in [0.15, 0.2) is 0 Å². The van der Waals surface area contributed by atoms with Crippen LogP contribution < -0.4 is 15.0 Å². The molecule has 2 heterocycles. The topological polar surface area (TPSA) is 79.0 Å². The first kappa shape index (κ1) is 18.9. The van der Waals surface area contributed by atoms with Crippen molar-refractivity contribution in [2.75, 3.05) is 30.4 Å². The zero-order valence-electron chi connectivity index (χ0n) is 15.9. The second-order valence-corrected chi connectivity index (χ2v) is 7.02. The molecule has 150 valence electrons. The molecule has 7 nitrogen and oxygen atoms in total. The van der Waals surface area contributed by atoms with Crippen molar-refractivity contribution in [2.45, 2.75) is 18.9 Å². The second-order valence-electron chi connectivity index (χ2n) is 7.02. The van der Waals surface area contributed by atoms with Gasteiger partial charge in [0, 0.05) is 12.2 Å². The zero-order valence-corrected chi connectivity index (χ0v) is 15.9. The van der Waals surface area contributed by atoms with Crippen molar-refractivity contribution in [2.24, 2.45) is 0 Å². The average molecular weight is 397 g/mol. The first-order valence-electron chi connectivity index (χ1n) is 9.34. The van der Waals surface area contributed by atoms with Crippen molar-refractivity contribution in [1.29, 1.82) is 0 Å². The minimum Gasteiger partial charge on any atom is -0.497 e. The minimum atomic E-state index is -0.633. The molecule has 2 aliphatic heterocycles. The Morgan fingerprint density at radius 3 is 2.69 bits per heavy atom. The van der Waals surface area contributed by atoms with Gasteiger partial charge in [-0.1, -0.05) is 0 Å². The molecule has 8 heteroatoms. The zero-order chi connectivity index (χ0) is 20.5. The van der Waals surface area contributed by atoms with Gasteiger partial charge in [0.2, 0.25) is 11.8 Å². The number of hydrogen-bond donors (Lipinski definition) is 1. The number of amides is 3. The van der Waals surface area contributed by atoms with Crippen LogP contribution in [0.2, 0.25) is 0 Å². The molecule has 2 aromatic carbocycles. The van der Waals surface area contributed by atoms with E-state index in [1.165, 1.54) is 21.9 Å². The second kappa shape index (κ2) is 7.54. The molecule has 1 N–H and O–H groups in total. The number of hydrogen-bond acceptors (Lipinski definition) is 4. The van der Waals surface area contributed by atoms with Gasteiger partial charge in [-0.2, -0.15) is 0 Å². The first-order chi connectivity index (χ1) is 14.0. The van der Waals surface area contributed by atoms with Crippen molar-refractivity contribution in [3.05, 3.63) is 53.8 Å². The van der Waals surface area contributed by atoms with E-state index < -0.39 is 17.8 Å². The number of halogens is 1. The number of methoxy groups -OCH3 is 1. The summed E-state index contributed by atoms with van der Waals surface area (Å²) in [6.45, 7) is 0.150. The molecule has 0 radical (unpaired) electrons.